The lowest BCUT2D eigenvalue weighted by atomic mass is 10.0. The third-order valence-corrected chi connectivity index (χ3v) is 3.75. The van der Waals surface area contributed by atoms with Gasteiger partial charge in [0.25, 0.3) is 0 Å². The third-order valence-electron chi connectivity index (χ3n) is 2.67. The average Bonchev–Trinajstić information content (AvgIpc) is 2.30. The minimum absolute atomic E-state index is 0.495. The topological polar surface area (TPSA) is 21.3 Å². The number of benzene rings is 1. The van der Waals surface area contributed by atoms with E-state index in [4.69, 9.17) is 4.74 Å². The summed E-state index contributed by atoms with van der Waals surface area (Å²) in [6, 6.07) is 9.21. The van der Waals surface area contributed by atoms with Gasteiger partial charge >= 0.3 is 0 Å². The van der Waals surface area contributed by atoms with Gasteiger partial charge in [-0.1, -0.05) is 24.3 Å². The first-order chi connectivity index (χ1) is 7.42. The number of fused-ring (bicyclic) bond motifs is 1. The number of methoxy groups -OCH3 is 1. The first-order valence-electron chi connectivity index (χ1n) is 5.29. The number of thioether (sulfide) groups is 1. The summed E-state index contributed by atoms with van der Waals surface area (Å²) in [5, 5.41) is 3.53. The summed E-state index contributed by atoms with van der Waals surface area (Å²) in [5.74, 6) is 2.32. The SMILES string of the molecule is COCCNC1CSCc2ccccc21. The Hall–Kier alpha value is -0.510. The second kappa shape index (κ2) is 5.54. The second-order valence-corrected chi connectivity index (χ2v) is 4.74. The Morgan fingerprint density at radius 3 is 3.20 bits per heavy atom. The van der Waals surface area contributed by atoms with Gasteiger partial charge in [0.15, 0.2) is 0 Å². The van der Waals surface area contributed by atoms with E-state index < -0.39 is 0 Å². The van der Waals surface area contributed by atoms with Gasteiger partial charge in [-0.3, -0.25) is 0 Å². The molecule has 1 unspecified atom stereocenters. The fourth-order valence-electron chi connectivity index (χ4n) is 1.89. The van der Waals surface area contributed by atoms with Crippen LogP contribution in [0.25, 0.3) is 0 Å². The van der Waals surface area contributed by atoms with Gasteiger partial charge in [0, 0.05) is 31.2 Å². The summed E-state index contributed by atoms with van der Waals surface area (Å²) in [7, 11) is 1.74. The number of hydrogen-bond donors (Lipinski definition) is 1. The number of nitrogens with one attached hydrogen (secondary N) is 1. The molecule has 1 aromatic rings. The smallest absolute Gasteiger partial charge is 0.0587 e. The lowest BCUT2D eigenvalue weighted by Gasteiger charge is -2.26. The summed E-state index contributed by atoms with van der Waals surface area (Å²) < 4.78 is 5.05. The molecule has 0 fully saturated rings. The Kier molecular flexibility index (Phi) is 4.06. The number of hydrogen-bond acceptors (Lipinski definition) is 3. The zero-order chi connectivity index (χ0) is 10.5. The van der Waals surface area contributed by atoms with Crippen molar-refractivity contribution in [3.63, 3.8) is 0 Å². The largest absolute Gasteiger partial charge is 0.383 e. The molecule has 2 rings (SSSR count). The predicted octanol–water partition coefficient (Wildman–Crippen LogP) is 2.21. The van der Waals surface area contributed by atoms with E-state index in [0.717, 1.165) is 18.9 Å². The molecule has 1 atom stereocenters. The molecule has 0 aromatic heterocycles. The molecule has 3 heteroatoms. The minimum atomic E-state index is 0.495. The molecular formula is C12H17NOS. The number of rotatable bonds is 4. The minimum Gasteiger partial charge on any atom is -0.383 e. The quantitative estimate of drug-likeness (QED) is 0.791. The van der Waals surface area contributed by atoms with Crippen LogP contribution in [0.3, 0.4) is 0 Å². The van der Waals surface area contributed by atoms with Crippen LogP contribution in [0, 0.1) is 0 Å². The molecule has 15 heavy (non-hydrogen) atoms. The van der Waals surface area contributed by atoms with Crippen LogP contribution in [-0.4, -0.2) is 26.0 Å². The summed E-state index contributed by atoms with van der Waals surface area (Å²) in [5.41, 5.74) is 2.94. The van der Waals surface area contributed by atoms with Crippen LogP contribution < -0.4 is 5.32 Å². The van der Waals surface area contributed by atoms with Crippen molar-refractivity contribution in [2.75, 3.05) is 26.0 Å². The summed E-state index contributed by atoms with van der Waals surface area (Å²) in [6.07, 6.45) is 0. The first-order valence-corrected chi connectivity index (χ1v) is 6.45. The molecule has 2 nitrogen and oxygen atoms in total. The van der Waals surface area contributed by atoms with Crippen molar-refractivity contribution in [2.24, 2.45) is 0 Å². The van der Waals surface area contributed by atoms with E-state index in [0.29, 0.717) is 6.04 Å². The first kappa shape index (κ1) is 11.0. The lowest BCUT2D eigenvalue weighted by molar-refractivity contribution is 0.196. The highest BCUT2D eigenvalue weighted by molar-refractivity contribution is 7.98. The summed E-state index contributed by atoms with van der Waals surface area (Å²) in [4.78, 5) is 0. The van der Waals surface area contributed by atoms with Gasteiger partial charge in [-0.25, -0.2) is 0 Å². The van der Waals surface area contributed by atoms with Gasteiger partial charge in [-0.2, -0.15) is 11.8 Å². The van der Waals surface area contributed by atoms with Crippen molar-refractivity contribution in [3.8, 4) is 0 Å². The average molecular weight is 223 g/mol. The molecule has 0 bridgehead atoms. The van der Waals surface area contributed by atoms with Crippen molar-refractivity contribution < 1.29 is 4.74 Å². The van der Waals surface area contributed by atoms with Gasteiger partial charge in [-0.05, 0) is 11.1 Å². The molecule has 1 aromatic carbocycles. The monoisotopic (exact) mass is 223 g/mol. The third kappa shape index (κ3) is 2.74. The van der Waals surface area contributed by atoms with Gasteiger partial charge in [0.1, 0.15) is 0 Å². The summed E-state index contributed by atoms with van der Waals surface area (Å²) in [6.45, 7) is 1.71. The molecule has 1 aliphatic rings. The van der Waals surface area contributed by atoms with E-state index >= 15 is 0 Å². The fourth-order valence-corrected chi connectivity index (χ4v) is 3.02. The molecule has 0 amide bonds. The molecule has 1 heterocycles. The lowest BCUT2D eigenvalue weighted by Crippen LogP contribution is -2.29. The van der Waals surface area contributed by atoms with Crippen molar-refractivity contribution in [1.29, 1.82) is 0 Å². The van der Waals surface area contributed by atoms with E-state index in [-0.39, 0.29) is 0 Å². The van der Waals surface area contributed by atoms with Gasteiger partial charge in [-0.15, -0.1) is 0 Å². The van der Waals surface area contributed by atoms with Crippen molar-refractivity contribution in [3.05, 3.63) is 35.4 Å². The van der Waals surface area contributed by atoms with Crippen LogP contribution in [-0.2, 0) is 10.5 Å². The van der Waals surface area contributed by atoms with Crippen molar-refractivity contribution in [2.45, 2.75) is 11.8 Å². The van der Waals surface area contributed by atoms with Crippen molar-refractivity contribution >= 4 is 11.8 Å². The van der Waals surface area contributed by atoms with E-state index in [9.17, 15) is 0 Å². The maximum Gasteiger partial charge on any atom is 0.0587 e. The Balaban J connectivity index is 2.02. The molecule has 0 saturated heterocycles. The molecule has 1 N–H and O–H groups in total. The van der Waals surface area contributed by atoms with E-state index in [1.807, 2.05) is 11.8 Å². The zero-order valence-corrected chi connectivity index (χ0v) is 9.85. The number of ether oxygens (including phenoxy) is 1. The van der Waals surface area contributed by atoms with Gasteiger partial charge in [0.05, 0.1) is 6.61 Å². The van der Waals surface area contributed by atoms with Crippen LogP contribution in [0.5, 0.6) is 0 Å². The highest BCUT2D eigenvalue weighted by Crippen LogP contribution is 2.31. The molecule has 0 radical (unpaired) electrons. The van der Waals surface area contributed by atoms with Gasteiger partial charge in [0.2, 0.25) is 0 Å². The molecular weight excluding hydrogens is 206 g/mol. The van der Waals surface area contributed by atoms with Crippen LogP contribution in [0.2, 0.25) is 0 Å². The molecule has 0 saturated carbocycles. The Morgan fingerprint density at radius 2 is 2.33 bits per heavy atom. The summed E-state index contributed by atoms with van der Waals surface area (Å²) >= 11 is 2.00. The van der Waals surface area contributed by atoms with Crippen LogP contribution in [0.4, 0.5) is 0 Å². The van der Waals surface area contributed by atoms with E-state index in [1.54, 1.807) is 7.11 Å². The van der Waals surface area contributed by atoms with E-state index in [1.165, 1.54) is 16.9 Å². The normalized spacial score (nSPS) is 19.9. The second-order valence-electron chi connectivity index (χ2n) is 3.71. The Labute approximate surface area is 95.4 Å². The highest BCUT2D eigenvalue weighted by atomic mass is 32.2. The molecule has 82 valence electrons. The standard InChI is InChI=1S/C12H17NOS/c1-14-7-6-13-12-9-15-8-10-4-2-3-5-11(10)12/h2-5,12-13H,6-9H2,1H3. The molecule has 1 aliphatic heterocycles. The van der Waals surface area contributed by atoms with Crippen LogP contribution in [0.15, 0.2) is 24.3 Å². The molecule has 0 spiro atoms. The Morgan fingerprint density at radius 1 is 1.47 bits per heavy atom. The maximum absolute atomic E-state index is 5.05. The van der Waals surface area contributed by atoms with E-state index in [2.05, 4.69) is 29.6 Å². The molecule has 0 aliphatic carbocycles. The predicted molar refractivity (Wildman–Crippen MR) is 65.2 cm³/mol. The highest BCUT2D eigenvalue weighted by Gasteiger charge is 2.18. The fraction of sp³-hybridized carbons (Fsp3) is 0.500. The zero-order valence-electron chi connectivity index (χ0n) is 9.03. The maximum atomic E-state index is 5.05. The van der Waals surface area contributed by atoms with Gasteiger partial charge < -0.3 is 10.1 Å². The van der Waals surface area contributed by atoms with Crippen molar-refractivity contribution in [1.82, 2.24) is 5.32 Å². The van der Waals surface area contributed by atoms with Crippen LogP contribution in [0.1, 0.15) is 17.2 Å². The Bertz CT molecular complexity index is 316. The van der Waals surface area contributed by atoms with Crippen LogP contribution >= 0.6 is 11.8 Å².